The molecule has 0 fully saturated rings. The Morgan fingerprint density at radius 1 is 1.09 bits per heavy atom. The van der Waals surface area contributed by atoms with Crippen molar-refractivity contribution in [3.8, 4) is 0 Å². The second-order valence-electron chi connectivity index (χ2n) is 2.99. The maximum Gasteiger partial charge on any atom is 1.00 e. The second-order valence-corrected chi connectivity index (χ2v) is 7.27. The SMILES string of the molecule is CCCC[Si]([O-])(CC)CC.[Na+]. The third kappa shape index (κ3) is 6.35. The summed E-state index contributed by atoms with van der Waals surface area (Å²) >= 11 is 0. The van der Waals surface area contributed by atoms with E-state index in [1.54, 1.807) is 0 Å². The average Bonchev–Trinajstić information content (AvgIpc) is 2.00. The summed E-state index contributed by atoms with van der Waals surface area (Å²) in [6.45, 7) is 6.26. The van der Waals surface area contributed by atoms with E-state index in [-0.39, 0.29) is 29.6 Å². The van der Waals surface area contributed by atoms with Gasteiger partial charge in [0.15, 0.2) is 0 Å². The van der Waals surface area contributed by atoms with Crippen molar-refractivity contribution in [3.05, 3.63) is 0 Å². The van der Waals surface area contributed by atoms with Crippen molar-refractivity contribution in [3.63, 3.8) is 0 Å². The molecule has 3 heteroatoms. The van der Waals surface area contributed by atoms with E-state index in [1.807, 2.05) is 0 Å². The summed E-state index contributed by atoms with van der Waals surface area (Å²) in [5, 5.41) is 0. The van der Waals surface area contributed by atoms with Gasteiger partial charge in [0.1, 0.15) is 0 Å². The predicted molar refractivity (Wildman–Crippen MR) is 46.4 cm³/mol. The fourth-order valence-corrected chi connectivity index (χ4v) is 3.31. The first kappa shape index (κ1) is 14.7. The molecule has 0 unspecified atom stereocenters. The van der Waals surface area contributed by atoms with E-state index in [0.717, 1.165) is 24.6 Å². The average molecular weight is 182 g/mol. The van der Waals surface area contributed by atoms with Crippen molar-refractivity contribution in [2.75, 3.05) is 0 Å². The van der Waals surface area contributed by atoms with E-state index in [4.69, 9.17) is 0 Å². The second kappa shape index (κ2) is 7.81. The van der Waals surface area contributed by atoms with Crippen LogP contribution in [0.4, 0.5) is 0 Å². The van der Waals surface area contributed by atoms with Gasteiger partial charge in [-0.3, -0.25) is 0 Å². The van der Waals surface area contributed by atoms with E-state index >= 15 is 0 Å². The van der Waals surface area contributed by atoms with Gasteiger partial charge in [-0.2, -0.15) is 0 Å². The molecule has 1 nitrogen and oxygen atoms in total. The third-order valence-corrected chi connectivity index (χ3v) is 6.12. The summed E-state index contributed by atoms with van der Waals surface area (Å²) in [4.78, 5) is 11.7. The Labute approximate surface area is 94.0 Å². The number of rotatable bonds is 5. The monoisotopic (exact) mass is 182 g/mol. The number of hydrogen-bond donors (Lipinski definition) is 0. The molecule has 0 amide bonds. The van der Waals surface area contributed by atoms with Crippen LogP contribution in [0.5, 0.6) is 0 Å². The van der Waals surface area contributed by atoms with Gasteiger partial charge in [0.05, 0.1) is 0 Å². The molecule has 0 aliphatic rings. The molecule has 62 valence electrons. The number of hydrogen-bond acceptors (Lipinski definition) is 1. The first-order valence-electron chi connectivity index (χ1n) is 4.39. The normalized spacial score (nSPS) is 10.9. The molecule has 0 bridgehead atoms. The summed E-state index contributed by atoms with van der Waals surface area (Å²) in [5.41, 5.74) is 0. The Bertz CT molecular complexity index is 84.2. The molecular formula is C8H19NaOSi. The molecule has 0 saturated heterocycles. The van der Waals surface area contributed by atoms with Gasteiger partial charge in [-0.25, -0.2) is 0 Å². The van der Waals surface area contributed by atoms with Crippen molar-refractivity contribution < 1.29 is 34.4 Å². The molecule has 0 N–H and O–H groups in total. The van der Waals surface area contributed by atoms with Crippen LogP contribution in [-0.2, 0) is 0 Å². The molecule has 0 radical (unpaired) electrons. The van der Waals surface area contributed by atoms with Gasteiger partial charge in [0.25, 0.3) is 0 Å². The molecule has 0 aliphatic carbocycles. The van der Waals surface area contributed by atoms with Gasteiger partial charge in [0.2, 0.25) is 0 Å². The molecule has 0 aliphatic heterocycles. The van der Waals surface area contributed by atoms with Gasteiger partial charge < -0.3 is 4.80 Å². The summed E-state index contributed by atoms with van der Waals surface area (Å²) in [6.07, 6.45) is 2.33. The fourth-order valence-electron chi connectivity index (χ4n) is 1.10. The molecule has 0 aromatic carbocycles. The van der Waals surface area contributed by atoms with Crippen LogP contribution in [0.1, 0.15) is 33.6 Å². The van der Waals surface area contributed by atoms with E-state index in [9.17, 15) is 4.80 Å². The summed E-state index contributed by atoms with van der Waals surface area (Å²) in [6, 6.07) is 2.84. The van der Waals surface area contributed by atoms with Crippen LogP contribution in [0.3, 0.4) is 0 Å². The molecule has 0 rings (SSSR count). The van der Waals surface area contributed by atoms with Crippen LogP contribution in [0, 0.1) is 0 Å². The summed E-state index contributed by atoms with van der Waals surface area (Å²) < 4.78 is 0. The van der Waals surface area contributed by atoms with Crippen molar-refractivity contribution in [1.82, 2.24) is 0 Å². The molecule has 0 atom stereocenters. The molecule has 0 spiro atoms. The van der Waals surface area contributed by atoms with Crippen molar-refractivity contribution in [1.29, 1.82) is 0 Å². The zero-order chi connectivity index (χ0) is 8.04. The fraction of sp³-hybridized carbons (Fsp3) is 1.00. The molecular weight excluding hydrogens is 163 g/mol. The minimum Gasteiger partial charge on any atom is -0.858 e. The zero-order valence-corrected chi connectivity index (χ0v) is 11.4. The smallest absolute Gasteiger partial charge is 0.858 e. The van der Waals surface area contributed by atoms with Crippen LogP contribution in [0.2, 0.25) is 18.1 Å². The van der Waals surface area contributed by atoms with Crippen LogP contribution in [-0.4, -0.2) is 8.32 Å². The van der Waals surface area contributed by atoms with E-state index < -0.39 is 8.32 Å². The Balaban J connectivity index is 0. The van der Waals surface area contributed by atoms with Crippen LogP contribution < -0.4 is 34.4 Å². The topological polar surface area (TPSA) is 23.1 Å². The van der Waals surface area contributed by atoms with Crippen molar-refractivity contribution >= 4 is 8.32 Å². The maximum atomic E-state index is 11.7. The van der Waals surface area contributed by atoms with Gasteiger partial charge in [0, 0.05) is 0 Å². The molecule has 0 heterocycles. The van der Waals surface area contributed by atoms with Gasteiger partial charge in [-0.15, -0.1) is 0 Å². The van der Waals surface area contributed by atoms with E-state index in [0.29, 0.717) is 0 Å². The Hall–Kier alpha value is 1.18. The summed E-state index contributed by atoms with van der Waals surface area (Å²) in [7, 11) is -1.97. The van der Waals surface area contributed by atoms with Crippen molar-refractivity contribution in [2.45, 2.75) is 51.7 Å². The predicted octanol–water partition coefficient (Wildman–Crippen LogP) is -0.864. The Kier molecular flexibility index (Phi) is 10.4. The standard InChI is InChI=1S/C8H19OSi.Na/c1-4-7-8-10(9,5-2)6-3;/h4-8H2,1-3H3;/q-1;+1. The minimum absolute atomic E-state index is 0. The van der Waals surface area contributed by atoms with Gasteiger partial charge in [-0.1, -0.05) is 51.7 Å². The quantitative estimate of drug-likeness (QED) is 0.507. The molecule has 0 aromatic heterocycles. The van der Waals surface area contributed by atoms with Crippen LogP contribution in [0.15, 0.2) is 0 Å². The summed E-state index contributed by atoms with van der Waals surface area (Å²) in [5.74, 6) is 0. The van der Waals surface area contributed by atoms with Gasteiger partial charge in [-0.05, 0) is 8.32 Å². The Morgan fingerprint density at radius 2 is 1.55 bits per heavy atom. The first-order chi connectivity index (χ1) is 4.68. The van der Waals surface area contributed by atoms with Gasteiger partial charge >= 0.3 is 29.6 Å². The molecule has 0 saturated carbocycles. The molecule has 0 aromatic rings. The number of unbranched alkanes of at least 4 members (excludes halogenated alkanes) is 1. The van der Waals surface area contributed by atoms with Crippen LogP contribution >= 0.6 is 0 Å². The van der Waals surface area contributed by atoms with Crippen molar-refractivity contribution in [2.24, 2.45) is 0 Å². The Morgan fingerprint density at radius 3 is 1.82 bits per heavy atom. The third-order valence-electron chi connectivity index (χ3n) is 2.27. The molecule has 11 heavy (non-hydrogen) atoms. The maximum absolute atomic E-state index is 11.7. The largest absolute Gasteiger partial charge is 1.00 e. The van der Waals surface area contributed by atoms with Crippen LogP contribution in [0.25, 0.3) is 0 Å². The van der Waals surface area contributed by atoms with E-state index in [1.165, 1.54) is 6.42 Å². The van der Waals surface area contributed by atoms with E-state index in [2.05, 4.69) is 20.8 Å². The first-order valence-corrected chi connectivity index (χ1v) is 6.92. The minimum atomic E-state index is -1.97. The zero-order valence-electron chi connectivity index (χ0n) is 8.44.